The molecular weight excluding hydrogens is 223 g/mol. The third-order valence-electron chi connectivity index (χ3n) is 1.15. The Kier molecular flexibility index (Phi) is 2.08. The molecule has 0 amide bonds. The predicted molar refractivity (Wildman–Crippen MR) is 38.4 cm³/mol. The van der Waals surface area contributed by atoms with Gasteiger partial charge in [0.2, 0.25) is 0 Å². The summed E-state index contributed by atoms with van der Waals surface area (Å²) < 4.78 is 37.0. The molecule has 1 aromatic rings. The van der Waals surface area contributed by atoms with Crippen LogP contribution in [0.1, 0.15) is 0 Å². The second-order valence-electron chi connectivity index (χ2n) is 1.88. The second kappa shape index (κ2) is 2.73. The Morgan fingerprint density at radius 2 is 1.73 bits per heavy atom. The quantitative estimate of drug-likeness (QED) is 0.410. The second-order valence-corrected chi connectivity index (χ2v) is 2.67. The molecule has 0 heterocycles. The highest BCUT2D eigenvalue weighted by molar-refractivity contribution is 9.10. The molecule has 0 aromatic heterocycles. The Hall–Kier alpha value is -0.710. The minimum atomic E-state index is -1.11. The van der Waals surface area contributed by atoms with Gasteiger partial charge in [0.15, 0.2) is 11.6 Å². The maximum absolute atomic E-state index is 12.6. The van der Waals surface area contributed by atoms with Gasteiger partial charge in [-0.3, -0.25) is 0 Å². The van der Waals surface area contributed by atoms with Gasteiger partial charge in [-0.1, -0.05) is 0 Å². The fourth-order valence-electron chi connectivity index (χ4n) is 0.580. The maximum Gasteiger partial charge on any atom is 0.166 e. The summed E-state index contributed by atoms with van der Waals surface area (Å²) in [5.41, 5.74) is 4.22. The van der Waals surface area contributed by atoms with Crippen molar-refractivity contribution in [2.75, 3.05) is 5.73 Å². The van der Waals surface area contributed by atoms with E-state index in [2.05, 4.69) is 15.9 Å². The summed E-state index contributed by atoms with van der Waals surface area (Å²) in [5, 5.41) is 0. The standard InChI is InChI=1S/C6H3BrF3N/c7-4-2(8)1-3(9)6(11)5(4)10/h1H,11H2. The Morgan fingerprint density at radius 3 is 2.27 bits per heavy atom. The van der Waals surface area contributed by atoms with Gasteiger partial charge in [0.1, 0.15) is 11.5 Å². The average molecular weight is 226 g/mol. The lowest BCUT2D eigenvalue weighted by atomic mass is 10.3. The zero-order valence-electron chi connectivity index (χ0n) is 5.17. The van der Waals surface area contributed by atoms with Crippen LogP contribution in [-0.2, 0) is 0 Å². The Balaban J connectivity index is 3.46. The molecule has 0 atom stereocenters. The minimum absolute atomic E-state index is 0.448. The van der Waals surface area contributed by atoms with Crippen LogP contribution in [-0.4, -0.2) is 0 Å². The first-order valence-corrected chi connectivity index (χ1v) is 3.41. The molecule has 0 aliphatic carbocycles. The molecule has 0 radical (unpaired) electrons. The summed E-state index contributed by atoms with van der Waals surface area (Å²) in [5.74, 6) is -3.21. The van der Waals surface area contributed by atoms with Crippen LogP contribution in [0.5, 0.6) is 0 Å². The number of rotatable bonds is 0. The summed E-state index contributed by atoms with van der Waals surface area (Å²) in [7, 11) is 0. The SMILES string of the molecule is Nc1c(F)cc(F)c(Br)c1F. The summed E-state index contributed by atoms with van der Waals surface area (Å²) in [6.45, 7) is 0. The van der Waals surface area contributed by atoms with E-state index in [9.17, 15) is 13.2 Å². The van der Waals surface area contributed by atoms with E-state index in [-0.39, 0.29) is 0 Å². The third kappa shape index (κ3) is 1.33. The molecule has 0 aliphatic heterocycles. The number of nitrogen functional groups attached to an aromatic ring is 1. The van der Waals surface area contributed by atoms with Crippen molar-refractivity contribution in [2.24, 2.45) is 0 Å². The highest BCUT2D eigenvalue weighted by atomic mass is 79.9. The van der Waals surface area contributed by atoms with E-state index >= 15 is 0 Å². The van der Waals surface area contributed by atoms with Crippen LogP contribution in [0.2, 0.25) is 0 Å². The van der Waals surface area contributed by atoms with Gasteiger partial charge in [-0.15, -0.1) is 0 Å². The molecule has 0 spiro atoms. The van der Waals surface area contributed by atoms with E-state index in [0.29, 0.717) is 6.07 Å². The van der Waals surface area contributed by atoms with Gasteiger partial charge < -0.3 is 5.73 Å². The van der Waals surface area contributed by atoms with E-state index in [4.69, 9.17) is 5.73 Å². The molecule has 0 saturated carbocycles. The molecule has 1 aromatic carbocycles. The lowest BCUT2D eigenvalue weighted by molar-refractivity contribution is 0.541. The largest absolute Gasteiger partial charge is 0.394 e. The molecular formula is C6H3BrF3N. The topological polar surface area (TPSA) is 26.0 Å². The zero-order valence-corrected chi connectivity index (χ0v) is 6.75. The minimum Gasteiger partial charge on any atom is -0.394 e. The Labute approximate surface area is 69.1 Å². The molecule has 2 N–H and O–H groups in total. The predicted octanol–water partition coefficient (Wildman–Crippen LogP) is 2.45. The van der Waals surface area contributed by atoms with Crippen LogP contribution in [0.25, 0.3) is 0 Å². The molecule has 0 aliphatic rings. The smallest absolute Gasteiger partial charge is 0.166 e. The first-order chi connectivity index (χ1) is 5.04. The number of benzene rings is 1. The molecule has 0 fully saturated rings. The molecule has 5 heteroatoms. The summed E-state index contributed by atoms with van der Waals surface area (Å²) >= 11 is 2.57. The van der Waals surface area contributed by atoms with Crippen molar-refractivity contribution >= 4 is 21.6 Å². The van der Waals surface area contributed by atoms with E-state index in [1.165, 1.54) is 0 Å². The van der Waals surface area contributed by atoms with E-state index < -0.39 is 27.6 Å². The molecule has 60 valence electrons. The van der Waals surface area contributed by atoms with Crippen molar-refractivity contribution in [3.63, 3.8) is 0 Å². The number of halogens is 4. The lowest BCUT2D eigenvalue weighted by Crippen LogP contribution is -1.98. The average Bonchev–Trinajstić information content (AvgIpc) is 1.97. The zero-order chi connectivity index (χ0) is 8.59. The van der Waals surface area contributed by atoms with Gasteiger partial charge in [0, 0.05) is 6.07 Å². The monoisotopic (exact) mass is 225 g/mol. The van der Waals surface area contributed by atoms with E-state index in [1.807, 2.05) is 0 Å². The van der Waals surface area contributed by atoms with Crippen molar-refractivity contribution in [3.8, 4) is 0 Å². The Bertz CT molecular complexity index is 274. The fraction of sp³-hybridized carbons (Fsp3) is 0. The van der Waals surface area contributed by atoms with Crippen LogP contribution in [0, 0.1) is 17.5 Å². The van der Waals surface area contributed by atoms with Crippen LogP contribution < -0.4 is 5.73 Å². The van der Waals surface area contributed by atoms with Gasteiger partial charge >= 0.3 is 0 Å². The summed E-state index contributed by atoms with van der Waals surface area (Å²) in [6.07, 6.45) is 0. The van der Waals surface area contributed by atoms with Crippen molar-refractivity contribution < 1.29 is 13.2 Å². The van der Waals surface area contributed by atoms with Crippen molar-refractivity contribution in [1.29, 1.82) is 0 Å². The number of anilines is 1. The molecule has 0 unspecified atom stereocenters. The highest BCUT2D eigenvalue weighted by Crippen LogP contribution is 2.26. The lowest BCUT2D eigenvalue weighted by Gasteiger charge is -2.00. The van der Waals surface area contributed by atoms with Crippen LogP contribution in [0.4, 0.5) is 18.9 Å². The summed E-state index contributed by atoms with van der Waals surface area (Å²) in [4.78, 5) is 0. The van der Waals surface area contributed by atoms with Gasteiger partial charge in [0.05, 0.1) is 4.47 Å². The van der Waals surface area contributed by atoms with Crippen molar-refractivity contribution in [3.05, 3.63) is 28.0 Å². The Morgan fingerprint density at radius 1 is 1.18 bits per heavy atom. The van der Waals surface area contributed by atoms with Crippen LogP contribution >= 0.6 is 15.9 Å². The molecule has 1 nitrogen and oxygen atoms in total. The van der Waals surface area contributed by atoms with Gasteiger partial charge in [-0.25, -0.2) is 13.2 Å². The van der Waals surface area contributed by atoms with Gasteiger partial charge in [0.25, 0.3) is 0 Å². The molecule has 1 rings (SSSR count). The molecule has 11 heavy (non-hydrogen) atoms. The van der Waals surface area contributed by atoms with Gasteiger partial charge in [-0.05, 0) is 15.9 Å². The van der Waals surface area contributed by atoms with Crippen molar-refractivity contribution in [1.82, 2.24) is 0 Å². The maximum atomic E-state index is 12.6. The fourth-order valence-corrected chi connectivity index (χ4v) is 0.908. The first kappa shape index (κ1) is 8.39. The van der Waals surface area contributed by atoms with Crippen LogP contribution in [0.15, 0.2) is 10.5 Å². The number of hydrogen-bond donors (Lipinski definition) is 1. The normalized spacial score (nSPS) is 10.2. The highest BCUT2D eigenvalue weighted by Gasteiger charge is 2.13. The van der Waals surface area contributed by atoms with Crippen molar-refractivity contribution in [2.45, 2.75) is 0 Å². The number of nitrogens with two attached hydrogens (primary N) is 1. The molecule has 0 bridgehead atoms. The van der Waals surface area contributed by atoms with E-state index in [0.717, 1.165) is 0 Å². The van der Waals surface area contributed by atoms with Gasteiger partial charge in [-0.2, -0.15) is 0 Å². The summed E-state index contributed by atoms with van der Waals surface area (Å²) in [6, 6.07) is 0.516. The van der Waals surface area contributed by atoms with E-state index in [1.54, 1.807) is 0 Å². The molecule has 0 saturated heterocycles. The third-order valence-corrected chi connectivity index (χ3v) is 1.88. The van der Waals surface area contributed by atoms with Crippen LogP contribution in [0.3, 0.4) is 0 Å². The first-order valence-electron chi connectivity index (χ1n) is 2.62. The number of hydrogen-bond acceptors (Lipinski definition) is 1.